The van der Waals surface area contributed by atoms with E-state index in [0.717, 1.165) is 37.3 Å². The smallest absolute Gasteiger partial charge is 0.176 e. The van der Waals surface area contributed by atoms with Crippen LogP contribution in [0.15, 0.2) is 24.3 Å². The molecule has 0 atom stereocenters. The maximum atomic E-state index is 12.0. The van der Waals surface area contributed by atoms with E-state index in [9.17, 15) is 4.79 Å². The van der Waals surface area contributed by atoms with Crippen LogP contribution in [0.3, 0.4) is 0 Å². The predicted octanol–water partition coefficient (Wildman–Crippen LogP) is -0.540. The Morgan fingerprint density at radius 2 is 2.12 bits per heavy atom. The summed E-state index contributed by atoms with van der Waals surface area (Å²) < 4.78 is 5.25. The Bertz CT molecular complexity index is 375. The van der Waals surface area contributed by atoms with E-state index in [1.807, 2.05) is 32.1 Å². The van der Waals surface area contributed by atoms with Gasteiger partial charge in [-0.15, -0.1) is 0 Å². The molecule has 0 N–H and O–H groups in total. The van der Waals surface area contributed by atoms with Crippen molar-refractivity contribution in [1.82, 2.24) is 4.90 Å². The van der Waals surface area contributed by atoms with Gasteiger partial charge in [-0.1, -0.05) is 29.7 Å². The van der Waals surface area contributed by atoms with E-state index >= 15 is 0 Å². The summed E-state index contributed by atoms with van der Waals surface area (Å²) in [6.07, 6.45) is 0. The van der Waals surface area contributed by atoms with Gasteiger partial charge in [0.25, 0.3) is 0 Å². The van der Waals surface area contributed by atoms with Gasteiger partial charge in [0.05, 0.1) is 19.8 Å². The van der Waals surface area contributed by atoms with Crippen molar-refractivity contribution in [2.75, 3.05) is 32.8 Å². The molecule has 0 aromatic heterocycles. The molecular formula is C12H16BNO2. The molecule has 0 aliphatic carbocycles. The molecule has 1 fully saturated rings. The first-order valence-corrected chi connectivity index (χ1v) is 5.66. The molecule has 1 saturated heterocycles. The largest absolute Gasteiger partial charge is 0.379 e. The molecule has 0 radical (unpaired) electrons. The minimum atomic E-state index is 0.200. The molecule has 1 aromatic carbocycles. The van der Waals surface area contributed by atoms with Gasteiger partial charge < -0.3 is 4.74 Å². The van der Waals surface area contributed by atoms with Crippen LogP contribution in [-0.4, -0.2) is 51.4 Å². The monoisotopic (exact) mass is 217 g/mol. The van der Waals surface area contributed by atoms with Crippen LogP contribution in [0.2, 0.25) is 0 Å². The summed E-state index contributed by atoms with van der Waals surface area (Å²) in [6, 6.07) is 7.77. The van der Waals surface area contributed by atoms with Crippen LogP contribution in [0.1, 0.15) is 10.4 Å². The van der Waals surface area contributed by atoms with Gasteiger partial charge in [-0.3, -0.25) is 9.69 Å². The number of morpholine rings is 1. The van der Waals surface area contributed by atoms with Gasteiger partial charge in [-0.25, -0.2) is 0 Å². The first-order chi connectivity index (χ1) is 7.75. The van der Waals surface area contributed by atoms with Crippen molar-refractivity contribution >= 4 is 19.1 Å². The normalized spacial score (nSPS) is 17.2. The zero-order valence-electron chi connectivity index (χ0n) is 9.61. The Hall–Kier alpha value is -1.13. The number of ether oxygens (including phenoxy) is 1. The molecule has 1 aliphatic rings. The Labute approximate surface area is 96.8 Å². The fraction of sp³-hybridized carbons (Fsp3) is 0.417. The van der Waals surface area contributed by atoms with Crippen LogP contribution < -0.4 is 5.46 Å². The highest BCUT2D eigenvalue weighted by molar-refractivity contribution is 6.32. The van der Waals surface area contributed by atoms with E-state index in [2.05, 4.69) is 4.90 Å². The highest BCUT2D eigenvalue weighted by Crippen LogP contribution is 2.02. The first-order valence-electron chi connectivity index (χ1n) is 5.66. The topological polar surface area (TPSA) is 29.5 Å². The number of ketones is 1. The molecule has 0 amide bonds. The van der Waals surface area contributed by atoms with E-state index in [1.165, 1.54) is 0 Å². The third-order valence-corrected chi connectivity index (χ3v) is 2.81. The number of rotatable bonds is 3. The second-order valence-corrected chi connectivity index (χ2v) is 4.18. The lowest BCUT2D eigenvalue weighted by atomic mass is 9.93. The van der Waals surface area contributed by atoms with Crippen molar-refractivity contribution in [2.45, 2.75) is 0 Å². The lowest BCUT2D eigenvalue weighted by Gasteiger charge is -2.25. The quantitative estimate of drug-likeness (QED) is 0.503. The van der Waals surface area contributed by atoms with Gasteiger partial charge in [0.15, 0.2) is 5.78 Å². The SMILES string of the molecule is Bc1cccc(C(=O)CN2CCOCC2)c1. The van der Waals surface area contributed by atoms with Gasteiger partial charge in [0, 0.05) is 18.7 Å². The lowest BCUT2D eigenvalue weighted by Crippen LogP contribution is -2.39. The minimum absolute atomic E-state index is 0.200. The maximum Gasteiger partial charge on any atom is 0.176 e. The van der Waals surface area contributed by atoms with Crippen molar-refractivity contribution < 1.29 is 9.53 Å². The average Bonchev–Trinajstić information content (AvgIpc) is 2.30. The molecule has 16 heavy (non-hydrogen) atoms. The van der Waals surface area contributed by atoms with Crippen LogP contribution in [-0.2, 0) is 4.74 Å². The zero-order valence-corrected chi connectivity index (χ0v) is 9.61. The van der Waals surface area contributed by atoms with Gasteiger partial charge in [0.1, 0.15) is 7.85 Å². The van der Waals surface area contributed by atoms with Crippen molar-refractivity contribution in [3.05, 3.63) is 29.8 Å². The fourth-order valence-corrected chi connectivity index (χ4v) is 1.87. The van der Waals surface area contributed by atoms with E-state index in [1.54, 1.807) is 0 Å². The Kier molecular flexibility index (Phi) is 3.75. The number of carbonyl (C=O) groups is 1. The first kappa shape index (κ1) is 11.4. The average molecular weight is 217 g/mol. The number of carbonyl (C=O) groups excluding carboxylic acids is 1. The molecule has 4 heteroatoms. The summed E-state index contributed by atoms with van der Waals surface area (Å²) >= 11 is 0. The Morgan fingerprint density at radius 3 is 2.81 bits per heavy atom. The van der Waals surface area contributed by atoms with Crippen molar-refractivity contribution in [2.24, 2.45) is 0 Å². The number of Topliss-reactive ketones (excluding diaryl/α,β-unsaturated/α-hetero) is 1. The van der Waals surface area contributed by atoms with Gasteiger partial charge in [0.2, 0.25) is 0 Å². The summed E-state index contributed by atoms with van der Waals surface area (Å²) in [5, 5.41) is 0. The van der Waals surface area contributed by atoms with Gasteiger partial charge >= 0.3 is 0 Å². The summed E-state index contributed by atoms with van der Waals surface area (Å²) in [7, 11) is 2.01. The second kappa shape index (κ2) is 5.28. The van der Waals surface area contributed by atoms with Gasteiger partial charge in [-0.05, 0) is 0 Å². The molecule has 1 aromatic rings. The highest BCUT2D eigenvalue weighted by Gasteiger charge is 2.15. The number of hydrogen-bond acceptors (Lipinski definition) is 3. The van der Waals surface area contributed by atoms with Crippen LogP contribution in [0.25, 0.3) is 0 Å². The molecule has 2 rings (SSSR count). The van der Waals surface area contributed by atoms with E-state index in [-0.39, 0.29) is 5.78 Å². The Morgan fingerprint density at radius 1 is 1.38 bits per heavy atom. The van der Waals surface area contributed by atoms with Crippen LogP contribution in [0.4, 0.5) is 0 Å². The third-order valence-electron chi connectivity index (χ3n) is 2.81. The van der Waals surface area contributed by atoms with E-state index in [0.29, 0.717) is 6.54 Å². The van der Waals surface area contributed by atoms with Crippen LogP contribution in [0, 0.1) is 0 Å². The molecule has 0 bridgehead atoms. The van der Waals surface area contributed by atoms with Crippen LogP contribution >= 0.6 is 0 Å². The molecule has 1 aliphatic heterocycles. The van der Waals surface area contributed by atoms with Crippen LogP contribution in [0.5, 0.6) is 0 Å². The molecule has 0 saturated carbocycles. The molecule has 1 heterocycles. The minimum Gasteiger partial charge on any atom is -0.379 e. The number of nitrogens with zero attached hydrogens (tertiary/aromatic N) is 1. The number of benzene rings is 1. The summed E-state index contributed by atoms with van der Waals surface area (Å²) in [4.78, 5) is 14.1. The summed E-state index contributed by atoms with van der Waals surface area (Å²) in [6.45, 7) is 3.70. The molecule has 0 unspecified atom stereocenters. The summed E-state index contributed by atoms with van der Waals surface area (Å²) in [5.41, 5.74) is 1.94. The van der Waals surface area contributed by atoms with E-state index < -0.39 is 0 Å². The zero-order chi connectivity index (χ0) is 11.4. The van der Waals surface area contributed by atoms with Gasteiger partial charge in [-0.2, -0.15) is 0 Å². The molecule has 0 spiro atoms. The fourth-order valence-electron chi connectivity index (χ4n) is 1.87. The standard InChI is InChI=1S/C12H16BNO2/c13-11-3-1-2-10(8-11)12(15)9-14-4-6-16-7-5-14/h1-3,8H,4-7,9,13H2. The predicted molar refractivity (Wildman–Crippen MR) is 66.2 cm³/mol. The third kappa shape index (κ3) is 2.93. The van der Waals surface area contributed by atoms with Crippen molar-refractivity contribution in [3.8, 4) is 0 Å². The summed E-state index contributed by atoms with van der Waals surface area (Å²) in [5.74, 6) is 0.200. The van der Waals surface area contributed by atoms with Crippen molar-refractivity contribution in [1.29, 1.82) is 0 Å². The van der Waals surface area contributed by atoms with E-state index in [4.69, 9.17) is 4.74 Å². The van der Waals surface area contributed by atoms with Crippen molar-refractivity contribution in [3.63, 3.8) is 0 Å². The molecule has 3 nitrogen and oxygen atoms in total. The highest BCUT2D eigenvalue weighted by atomic mass is 16.5. The molecule has 84 valence electrons. The Balaban J connectivity index is 1.97. The lowest BCUT2D eigenvalue weighted by molar-refractivity contribution is 0.0371. The molecular weight excluding hydrogens is 201 g/mol. The number of hydrogen-bond donors (Lipinski definition) is 0. The second-order valence-electron chi connectivity index (χ2n) is 4.18. The maximum absolute atomic E-state index is 12.0.